The molecule has 1 aromatic carbocycles. The Bertz CT molecular complexity index is 916. The van der Waals surface area contributed by atoms with Gasteiger partial charge in [0.25, 0.3) is 0 Å². The van der Waals surface area contributed by atoms with Crippen molar-refractivity contribution in [2.75, 3.05) is 0 Å². The SMILES string of the molecule is CCC(C)c1cnc2nc3c4ccccc4[nH]c3n2c1. The minimum atomic E-state index is 0.508. The first-order valence-electron chi connectivity index (χ1n) is 7.02. The van der Waals surface area contributed by atoms with Gasteiger partial charge >= 0.3 is 0 Å². The Kier molecular flexibility index (Phi) is 2.33. The van der Waals surface area contributed by atoms with Crippen molar-refractivity contribution in [2.24, 2.45) is 0 Å². The van der Waals surface area contributed by atoms with Crippen LogP contribution < -0.4 is 0 Å². The van der Waals surface area contributed by atoms with Gasteiger partial charge in [-0.1, -0.05) is 32.0 Å². The average molecular weight is 264 g/mol. The number of fused-ring (bicyclic) bond motifs is 5. The third kappa shape index (κ3) is 1.48. The standard InChI is InChI=1S/C16H16N4/c1-3-10(2)11-8-17-16-19-14-12-6-4-5-7-13(12)18-15(14)20(16)9-11/h4-10,18H,3H2,1-2H3. The maximum absolute atomic E-state index is 4.65. The zero-order valence-electron chi connectivity index (χ0n) is 11.6. The fraction of sp³-hybridized carbons (Fsp3) is 0.250. The van der Waals surface area contributed by atoms with Crippen molar-refractivity contribution in [1.29, 1.82) is 0 Å². The number of nitrogens with one attached hydrogen (secondary N) is 1. The van der Waals surface area contributed by atoms with Gasteiger partial charge in [0, 0.05) is 23.3 Å². The lowest BCUT2D eigenvalue weighted by atomic mass is 10.0. The summed E-state index contributed by atoms with van der Waals surface area (Å²) >= 11 is 0. The number of hydrogen-bond donors (Lipinski definition) is 1. The van der Waals surface area contributed by atoms with Crippen LogP contribution in [0, 0.1) is 0 Å². The summed E-state index contributed by atoms with van der Waals surface area (Å²) in [7, 11) is 0. The molecule has 0 amide bonds. The molecule has 0 spiro atoms. The van der Waals surface area contributed by atoms with Gasteiger partial charge in [0.15, 0.2) is 0 Å². The zero-order valence-corrected chi connectivity index (χ0v) is 11.6. The Morgan fingerprint density at radius 3 is 3.00 bits per heavy atom. The smallest absolute Gasteiger partial charge is 0.236 e. The molecule has 1 atom stereocenters. The molecule has 4 heteroatoms. The minimum absolute atomic E-state index is 0.508. The maximum Gasteiger partial charge on any atom is 0.236 e. The molecule has 0 saturated heterocycles. The first kappa shape index (κ1) is 11.5. The van der Waals surface area contributed by atoms with Gasteiger partial charge in [-0.05, 0) is 24.0 Å². The van der Waals surface area contributed by atoms with Crippen molar-refractivity contribution >= 4 is 27.8 Å². The van der Waals surface area contributed by atoms with Crippen molar-refractivity contribution in [3.8, 4) is 0 Å². The highest BCUT2D eigenvalue weighted by molar-refractivity contribution is 6.04. The Morgan fingerprint density at radius 1 is 1.30 bits per heavy atom. The van der Waals surface area contributed by atoms with Crippen molar-refractivity contribution in [1.82, 2.24) is 19.4 Å². The second kappa shape index (κ2) is 4.07. The van der Waals surface area contributed by atoms with E-state index in [9.17, 15) is 0 Å². The maximum atomic E-state index is 4.65. The predicted octanol–water partition coefficient (Wildman–Crippen LogP) is 3.88. The van der Waals surface area contributed by atoms with Gasteiger partial charge in [0.05, 0.1) is 0 Å². The van der Waals surface area contributed by atoms with E-state index in [2.05, 4.69) is 51.5 Å². The molecule has 4 aromatic rings. The van der Waals surface area contributed by atoms with E-state index in [0.29, 0.717) is 5.92 Å². The van der Waals surface area contributed by atoms with Crippen molar-refractivity contribution in [3.63, 3.8) is 0 Å². The Labute approximate surface area is 116 Å². The third-order valence-corrected chi connectivity index (χ3v) is 4.12. The van der Waals surface area contributed by atoms with Crippen molar-refractivity contribution in [2.45, 2.75) is 26.2 Å². The number of hydrogen-bond acceptors (Lipinski definition) is 2. The van der Waals surface area contributed by atoms with E-state index in [4.69, 9.17) is 0 Å². The van der Waals surface area contributed by atoms with E-state index in [-0.39, 0.29) is 0 Å². The molecule has 0 bridgehead atoms. The van der Waals surface area contributed by atoms with Gasteiger partial charge in [-0.2, -0.15) is 0 Å². The van der Waals surface area contributed by atoms with Gasteiger partial charge in [-0.25, -0.2) is 9.97 Å². The first-order valence-corrected chi connectivity index (χ1v) is 7.02. The molecule has 100 valence electrons. The zero-order chi connectivity index (χ0) is 13.7. The van der Waals surface area contributed by atoms with E-state index in [0.717, 1.165) is 34.3 Å². The number of para-hydroxylation sites is 1. The molecule has 3 aromatic heterocycles. The van der Waals surface area contributed by atoms with E-state index in [1.54, 1.807) is 0 Å². The number of H-pyrrole nitrogens is 1. The summed E-state index contributed by atoms with van der Waals surface area (Å²) in [6, 6.07) is 8.25. The fourth-order valence-corrected chi connectivity index (χ4v) is 2.67. The summed E-state index contributed by atoms with van der Waals surface area (Å²) in [5, 5.41) is 1.15. The molecule has 0 aliphatic heterocycles. The number of imidazole rings is 1. The summed E-state index contributed by atoms with van der Waals surface area (Å²) in [4.78, 5) is 12.6. The summed E-state index contributed by atoms with van der Waals surface area (Å²) in [6.07, 6.45) is 5.20. The molecule has 0 fully saturated rings. The van der Waals surface area contributed by atoms with Crippen LogP contribution in [0.5, 0.6) is 0 Å². The van der Waals surface area contributed by atoms with Crippen LogP contribution in [-0.4, -0.2) is 19.4 Å². The van der Waals surface area contributed by atoms with E-state index < -0.39 is 0 Å². The number of aromatic nitrogens is 4. The Hall–Kier alpha value is -2.36. The largest absolute Gasteiger partial charge is 0.339 e. The highest BCUT2D eigenvalue weighted by Gasteiger charge is 2.13. The van der Waals surface area contributed by atoms with Gasteiger partial charge in [-0.15, -0.1) is 0 Å². The molecular formula is C16H16N4. The highest BCUT2D eigenvalue weighted by atomic mass is 15.1. The molecule has 1 unspecified atom stereocenters. The molecule has 0 aliphatic carbocycles. The lowest BCUT2D eigenvalue weighted by molar-refractivity contribution is 0.723. The average Bonchev–Trinajstić information content (AvgIpc) is 3.02. The molecule has 1 N–H and O–H groups in total. The minimum Gasteiger partial charge on any atom is -0.339 e. The van der Waals surface area contributed by atoms with Gasteiger partial charge in [0.2, 0.25) is 5.78 Å². The fourth-order valence-electron chi connectivity index (χ4n) is 2.67. The van der Waals surface area contributed by atoms with Crippen LogP contribution in [0.4, 0.5) is 0 Å². The monoisotopic (exact) mass is 264 g/mol. The van der Waals surface area contributed by atoms with Crippen LogP contribution in [-0.2, 0) is 0 Å². The summed E-state index contributed by atoms with van der Waals surface area (Å²) in [6.45, 7) is 4.42. The molecule has 0 saturated carbocycles. The number of benzene rings is 1. The Balaban J connectivity index is 2.08. The van der Waals surface area contributed by atoms with E-state index in [1.807, 2.05) is 18.3 Å². The molecule has 4 nitrogen and oxygen atoms in total. The van der Waals surface area contributed by atoms with Crippen LogP contribution in [0.25, 0.3) is 27.8 Å². The summed E-state index contributed by atoms with van der Waals surface area (Å²) in [5.74, 6) is 1.26. The van der Waals surface area contributed by atoms with Gasteiger partial charge in [-0.3, -0.25) is 4.40 Å². The normalized spacial score (nSPS) is 13.5. The molecule has 0 radical (unpaired) electrons. The number of aromatic amines is 1. The van der Waals surface area contributed by atoms with Crippen LogP contribution in [0.3, 0.4) is 0 Å². The number of rotatable bonds is 2. The molecule has 0 aliphatic rings. The highest BCUT2D eigenvalue weighted by Crippen LogP contribution is 2.26. The second-order valence-electron chi connectivity index (χ2n) is 5.35. The van der Waals surface area contributed by atoms with Crippen LogP contribution in [0.1, 0.15) is 31.7 Å². The summed E-state index contributed by atoms with van der Waals surface area (Å²) < 4.78 is 2.07. The molecular weight excluding hydrogens is 248 g/mol. The van der Waals surface area contributed by atoms with Crippen LogP contribution in [0.2, 0.25) is 0 Å². The molecule has 4 rings (SSSR count). The van der Waals surface area contributed by atoms with Crippen molar-refractivity contribution in [3.05, 3.63) is 42.2 Å². The second-order valence-corrected chi connectivity index (χ2v) is 5.35. The lowest BCUT2D eigenvalue weighted by Gasteiger charge is -2.08. The van der Waals surface area contributed by atoms with Crippen LogP contribution in [0.15, 0.2) is 36.7 Å². The van der Waals surface area contributed by atoms with Gasteiger partial charge < -0.3 is 4.98 Å². The van der Waals surface area contributed by atoms with Gasteiger partial charge in [0.1, 0.15) is 11.2 Å². The summed E-state index contributed by atoms with van der Waals surface area (Å²) in [5.41, 5.74) is 4.39. The third-order valence-electron chi connectivity index (χ3n) is 4.12. The topological polar surface area (TPSA) is 46.0 Å². The van der Waals surface area contributed by atoms with E-state index >= 15 is 0 Å². The Morgan fingerprint density at radius 2 is 2.15 bits per heavy atom. The number of nitrogens with zero attached hydrogens (tertiary/aromatic N) is 3. The van der Waals surface area contributed by atoms with Crippen LogP contribution >= 0.6 is 0 Å². The molecule has 20 heavy (non-hydrogen) atoms. The quantitative estimate of drug-likeness (QED) is 0.597. The van der Waals surface area contributed by atoms with E-state index in [1.165, 1.54) is 5.56 Å². The lowest BCUT2D eigenvalue weighted by Crippen LogP contribution is -1.97. The predicted molar refractivity (Wildman–Crippen MR) is 81.1 cm³/mol. The first-order chi connectivity index (χ1) is 9.78. The van der Waals surface area contributed by atoms with Crippen molar-refractivity contribution < 1.29 is 0 Å². The molecule has 3 heterocycles.